The molecule has 184 valence electrons. The first kappa shape index (κ1) is 23.2. The molecule has 2 aliphatic heterocycles. The highest BCUT2D eigenvalue weighted by Gasteiger charge is 2.47. The number of benzene rings is 2. The van der Waals surface area contributed by atoms with Crippen LogP contribution in [0.25, 0.3) is 10.9 Å². The minimum atomic E-state index is -1.08. The number of carbonyl (C=O) groups excluding carboxylic acids is 2. The van der Waals surface area contributed by atoms with Crippen LogP contribution in [-0.2, 0) is 22.6 Å². The zero-order chi connectivity index (χ0) is 24.6. The molecule has 2 aliphatic rings. The maximum Gasteiger partial charge on any atom is 0.271 e. The molecule has 0 fully saturated rings. The van der Waals surface area contributed by atoms with E-state index in [0.29, 0.717) is 43.3 Å². The molecule has 0 saturated carbocycles. The van der Waals surface area contributed by atoms with Gasteiger partial charge in [-0.3, -0.25) is 9.59 Å². The van der Waals surface area contributed by atoms with E-state index in [4.69, 9.17) is 14.2 Å². The summed E-state index contributed by atoms with van der Waals surface area (Å²) in [4.78, 5) is 29.1. The predicted octanol–water partition coefficient (Wildman–Crippen LogP) is 3.72. The Kier molecular flexibility index (Phi) is 6.15. The molecule has 2 aromatic carbocycles. The maximum absolute atomic E-state index is 13.8. The number of nitrogens with one attached hydrogen (secondary N) is 1. The standard InChI is InChI=1S/C27H31N3O5/c1-18(2)33-12-6-11-28-26(32)27(3)16-29-21-8-5-4-7-20(21)14-22(29)25(31)30(27)15-19-9-10-23-24(13-19)35-17-34-23/h4-5,7-10,13-14,18H,6,11-12,15-17H2,1-3H3,(H,28,32). The summed E-state index contributed by atoms with van der Waals surface area (Å²) in [5.41, 5.74) is 1.32. The van der Waals surface area contributed by atoms with Gasteiger partial charge in [-0.15, -0.1) is 0 Å². The highest BCUT2D eigenvalue weighted by atomic mass is 16.7. The van der Waals surface area contributed by atoms with E-state index in [1.165, 1.54) is 0 Å². The molecule has 0 aliphatic carbocycles. The van der Waals surface area contributed by atoms with Crippen LogP contribution < -0.4 is 14.8 Å². The van der Waals surface area contributed by atoms with E-state index in [-0.39, 0.29) is 31.3 Å². The quantitative estimate of drug-likeness (QED) is 0.500. The fourth-order valence-corrected chi connectivity index (χ4v) is 4.76. The van der Waals surface area contributed by atoms with Crippen molar-refractivity contribution in [2.45, 2.75) is 51.9 Å². The predicted molar refractivity (Wildman–Crippen MR) is 131 cm³/mol. The van der Waals surface area contributed by atoms with Crippen LogP contribution in [-0.4, -0.2) is 52.9 Å². The highest BCUT2D eigenvalue weighted by Crippen LogP contribution is 2.36. The summed E-state index contributed by atoms with van der Waals surface area (Å²) < 4.78 is 18.5. The second-order valence-electron chi connectivity index (χ2n) is 9.56. The molecular weight excluding hydrogens is 446 g/mol. The molecule has 0 bridgehead atoms. The van der Waals surface area contributed by atoms with Crippen molar-refractivity contribution in [1.29, 1.82) is 0 Å². The van der Waals surface area contributed by atoms with Gasteiger partial charge in [0.05, 0.1) is 12.6 Å². The van der Waals surface area contributed by atoms with Gasteiger partial charge in [0.25, 0.3) is 5.91 Å². The lowest BCUT2D eigenvalue weighted by Crippen LogP contribution is -2.63. The van der Waals surface area contributed by atoms with Crippen molar-refractivity contribution < 1.29 is 23.8 Å². The van der Waals surface area contributed by atoms with E-state index in [2.05, 4.69) is 5.32 Å². The molecule has 2 amide bonds. The average Bonchev–Trinajstić information content (AvgIpc) is 3.45. The number of para-hydroxylation sites is 1. The van der Waals surface area contributed by atoms with E-state index >= 15 is 0 Å². The summed E-state index contributed by atoms with van der Waals surface area (Å²) in [5, 5.41) is 4.03. The summed E-state index contributed by atoms with van der Waals surface area (Å²) >= 11 is 0. The summed E-state index contributed by atoms with van der Waals surface area (Å²) in [5.74, 6) is 0.978. The Morgan fingerprint density at radius 2 is 1.94 bits per heavy atom. The molecule has 1 unspecified atom stereocenters. The number of hydrogen-bond donors (Lipinski definition) is 1. The second kappa shape index (κ2) is 9.26. The largest absolute Gasteiger partial charge is 0.454 e. The smallest absolute Gasteiger partial charge is 0.271 e. The Morgan fingerprint density at radius 3 is 2.77 bits per heavy atom. The molecule has 35 heavy (non-hydrogen) atoms. The number of amides is 2. The zero-order valence-electron chi connectivity index (χ0n) is 20.4. The molecular formula is C27H31N3O5. The van der Waals surface area contributed by atoms with Crippen LogP contribution in [0.5, 0.6) is 11.5 Å². The number of carbonyl (C=O) groups is 2. The lowest BCUT2D eigenvalue weighted by atomic mass is 9.93. The van der Waals surface area contributed by atoms with Gasteiger partial charge in [0.15, 0.2) is 11.5 Å². The first-order valence-electron chi connectivity index (χ1n) is 12.1. The van der Waals surface area contributed by atoms with E-state index < -0.39 is 5.54 Å². The maximum atomic E-state index is 13.8. The minimum absolute atomic E-state index is 0.150. The third-order valence-corrected chi connectivity index (χ3v) is 6.66. The van der Waals surface area contributed by atoms with Gasteiger partial charge >= 0.3 is 0 Å². The number of fused-ring (bicyclic) bond motifs is 4. The zero-order valence-corrected chi connectivity index (χ0v) is 20.4. The van der Waals surface area contributed by atoms with Gasteiger partial charge in [0.1, 0.15) is 11.2 Å². The summed E-state index contributed by atoms with van der Waals surface area (Å²) in [7, 11) is 0. The van der Waals surface area contributed by atoms with Gasteiger partial charge in [-0.05, 0) is 57.0 Å². The van der Waals surface area contributed by atoms with Crippen LogP contribution in [0, 0.1) is 0 Å². The molecule has 3 aromatic rings. The van der Waals surface area contributed by atoms with Crippen molar-refractivity contribution in [3.05, 3.63) is 59.8 Å². The summed E-state index contributed by atoms with van der Waals surface area (Å²) in [6.07, 6.45) is 0.852. The molecule has 5 rings (SSSR count). The van der Waals surface area contributed by atoms with Gasteiger partial charge in [-0.1, -0.05) is 24.3 Å². The van der Waals surface area contributed by atoms with Crippen molar-refractivity contribution in [1.82, 2.24) is 14.8 Å². The summed E-state index contributed by atoms with van der Waals surface area (Å²) in [6, 6.07) is 15.4. The Labute approximate surface area is 204 Å². The number of ether oxygens (including phenoxy) is 3. The third-order valence-electron chi connectivity index (χ3n) is 6.66. The minimum Gasteiger partial charge on any atom is -0.454 e. The molecule has 1 atom stereocenters. The fraction of sp³-hybridized carbons (Fsp3) is 0.407. The number of nitrogens with zero attached hydrogens (tertiary/aromatic N) is 2. The number of aromatic nitrogens is 1. The Hall–Kier alpha value is -3.52. The molecule has 0 saturated heterocycles. The first-order chi connectivity index (χ1) is 16.9. The van der Waals surface area contributed by atoms with Crippen LogP contribution in [0.2, 0.25) is 0 Å². The number of rotatable bonds is 8. The molecule has 1 N–H and O–H groups in total. The molecule has 3 heterocycles. The highest BCUT2D eigenvalue weighted by molar-refractivity contribution is 6.03. The average molecular weight is 478 g/mol. The lowest BCUT2D eigenvalue weighted by Gasteiger charge is -2.44. The van der Waals surface area contributed by atoms with Crippen LogP contribution in [0.3, 0.4) is 0 Å². The van der Waals surface area contributed by atoms with Crippen molar-refractivity contribution >= 4 is 22.7 Å². The Balaban J connectivity index is 1.45. The molecule has 8 nitrogen and oxygen atoms in total. The molecule has 0 spiro atoms. The normalized spacial score (nSPS) is 18.9. The summed E-state index contributed by atoms with van der Waals surface area (Å²) in [6.45, 7) is 7.68. The number of hydrogen-bond acceptors (Lipinski definition) is 5. The van der Waals surface area contributed by atoms with Crippen LogP contribution in [0.1, 0.15) is 43.2 Å². The van der Waals surface area contributed by atoms with E-state index in [1.807, 2.05) is 73.9 Å². The monoisotopic (exact) mass is 477 g/mol. The Morgan fingerprint density at radius 1 is 1.14 bits per heavy atom. The lowest BCUT2D eigenvalue weighted by molar-refractivity contribution is -0.133. The van der Waals surface area contributed by atoms with Gasteiger partial charge in [-0.2, -0.15) is 0 Å². The van der Waals surface area contributed by atoms with Gasteiger partial charge < -0.3 is 29.0 Å². The van der Waals surface area contributed by atoms with Crippen LogP contribution in [0.4, 0.5) is 0 Å². The van der Waals surface area contributed by atoms with Gasteiger partial charge in [0.2, 0.25) is 12.7 Å². The van der Waals surface area contributed by atoms with Crippen molar-refractivity contribution in [2.75, 3.05) is 19.9 Å². The topological polar surface area (TPSA) is 82.0 Å². The van der Waals surface area contributed by atoms with Crippen LogP contribution >= 0.6 is 0 Å². The van der Waals surface area contributed by atoms with Crippen LogP contribution in [0.15, 0.2) is 48.5 Å². The first-order valence-corrected chi connectivity index (χ1v) is 12.1. The molecule has 8 heteroatoms. The Bertz CT molecular complexity index is 1270. The second-order valence-corrected chi connectivity index (χ2v) is 9.56. The van der Waals surface area contributed by atoms with E-state index in [0.717, 1.165) is 16.5 Å². The van der Waals surface area contributed by atoms with Gasteiger partial charge in [0, 0.05) is 30.6 Å². The third kappa shape index (κ3) is 4.34. The van der Waals surface area contributed by atoms with E-state index in [1.54, 1.807) is 4.90 Å². The SMILES string of the molecule is CC(C)OCCCNC(=O)C1(C)Cn2c(cc3ccccc32)C(=O)N1Cc1ccc2c(c1)OCO2. The van der Waals surface area contributed by atoms with E-state index in [9.17, 15) is 9.59 Å². The van der Waals surface area contributed by atoms with Crippen molar-refractivity contribution in [3.63, 3.8) is 0 Å². The molecule has 1 aromatic heterocycles. The fourth-order valence-electron chi connectivity index (χ4n) is 4.76. The van der Waals surface area contributed by atoms with Gasteiger partial charge in [-0.25, -0.2) is 0 Å². The van der Waals surface area contributed by atoms with Crippen molar-refractivity contribution in [2.24, 2.45) is 0 Å². The molecule has 0 radical (unpaired) electrons. The van der Waals surface area contributed by atoms with Crippen molar-refractivity contribution in [3.8, 4) is 11.5 Å².